The Balaban J connectivity index is 2.15. The van der Waals surface area contributed by atoms with Crippen LogP contribution in [0.3, 0.4) is 0 Å². The summed E-state index contributed by atoms with van der Waals surface area (Å²) in [6, 6.07) is 0. The van der Waals surface area contributed by atoms with Crippen LogP contribution in [0.2, 0.25) is 0 Å². The molecule has 1 N–H and O–H groups in total. The summed E-state index contributed by atoms with van der Waals surface area (Å²) < 4.78 is 21.5. The van der Waals surface area contributed by atoms with Crippen LogP contribution >= 0.6 is 0 Å². The summed E-state index contributed by atoms with van der Waals surface area (Å²) in [5.74, 6) is 1.15. The molecule has 0 bridgehead atoms. The van der Waals surface area contributed by atoms with Crippen molar-refractivity contribution >= 4 is 21.3 Å². The van der Waals surface area contributed by atoms with Crippen molar-refractivity contribution < 1.29 is 14.1 Å². The van der Waals surface area contributed by atoms with Gasteiger partial charge in [-0.25, -0.2) is 8.61 Å². The maximum absolute atomic E-state index is 11.9. The summed E-state index contributed by atoms with van der Waals surface area (Å²) in [4.78, 5) is 0. The third kappa shape index (κ3) is 3.10. The van der Waals surface area contributed by atoms with E-state index in [2.05, 4.69) is 4.40 Å². The molecule has 0 aromatic heterocycles. The third-order valence-corrected chi connectivity index (χ3v) is 4.34. The average molecular weight is 257 g/mol. The molecule has 2 atom stereocenters. The molecule has 0 saturated heterocycles. The van der Waals surface area contributed by atoms with Crippen molar-refractivity contribution in [2.75, 3.05) is 12.9 Å². The Morgan fingerprint density at radius 2 is 2.35 bits per heavy atom. The summed E-state index contributed by atoms with van der Waals surface area (Å²) >= 11 is 0. The number of ether oxygens (including phenoxy) is 1. The fourth-order valence-corrected chi connectivity index (χ4v) is 2.81. The molecular formula is C12H19NO3S. The Labute approximate surface area is 103 Å². The average Bonchev–Trinajstić information content (AvgIpc) is 2.13. The van der Waals surface area contributed by atoms with Crippen LogP contribution < -0.4 is 0 Å². The van der Waals surface area contributed by atoms with Crippen LogP contribution in [0.15, 0.2) is 15.7 Å². The predicted octanol–water partition coefficient (Wildman–Crippen LogP) is 1.15. The van der Waals surface area contributed by atoms with Crippen molar-refractivity contribution in [2.45, 2.75) is 32.3 Å². The molecule has 0 aromatic rings. The van der Waals surface area contributed by atoms with Gasteiger partial charge in [-0.3, -0.25) is 0 Å². The fraction of sp³-hybridized carbons (Fsp3) is 0.667. The van der Waals surface area contributed by atoms with Crippen LogP contribution in [0.25, 0.3) is 0 Å². The van der Waals surface area contributed by atoms with Crippen molar-refractivity contribution in [3.05, 3.63) is 11.3 Å². The van der Waals surface area contributed by atoms with Gasteiger partial charge in [0, 0.05) is 18.0 Å². The molecule has 0 aromatic carbocycles. The number of hydrogen-bond donors (Lipinski definition) is 1. The highest BCUT2D eigenvalue weighted by molar-refractivity contribution is 7.99. The normalized spacial score (nSPS) is 30.8. The molecule has 5 heteroatoms. The van der Waals surface area contributed by atoms with E-state index in [1.165, 1.54) is 30.8 Å². The predicted molar refractivity (Wildman–Crippen MR) is 70.6 cm³/mol. The van der Waals surface area contributed by atoms with Crippen molar-refractivity contribution in [3.63, 3.8) is 0 Å². The molecule has 1 unspecified atom stereocenters. The van der Waals surface area contributed by atoms with Gasteiger partial charge in [0.1, 0.15) is 5.76 Å². The van der Waals surface area contributed by atoms with Gasteiger partial charge in [0.15, 0.2) is 0 Å². The van der Waals surface area contributed by atoms with Crippen molar-refractivity contribution in [1.29, 1.82) is 0 Å². The Morgan fingerprint density at radius 1 is 1.65 bits per heavy atom. The molecule has 2 rings (SSSR count). The standard InChI is InChI=1S/C12H19NO3S/c1-9(14)11-6-13-17(2,15)8-12(11)16-7-10-4-3-5-10/h6,8-10,14H,3-5,7H2,1-2H3/t9-,17?/m0/s1. The first kappa shape index (κ1) is 12.6. The highest BCUT2D eigenvalue weighted by Gasteiger charge is 2.21. The third-order valence-electron chi connectivity index (χ3n) is 3.16. The molecule has 1 aliphatic heterocycles. The second-order valence-electron chi connectivity index (χ2n) is 4.82. The first-order valence-corrected chi connectivity index (χ1v) is 7.91. The first-order valence-electron chi connectivity index (χ1n) is 5.92. The molecule has 0 spiro atoms. The van der Waals surface area contributed by atoms with Gasteiger partial charge in [-0.2, -0.15) is 0 Å². The zero-order chi connectivity index (χ0) is 12.5. The summed E-state index contributed by atoms with van der Waals surface area (Å²) in [5, 5.41) is 11.1. The number of aliphatic hydroxyl groups excluding tert-OH is 1. The van der Waals surface area contributed by atoms with E-state index in [1.807, 2.05) is 0 Å². The van der Waals surface area contributed by atoms with Gasteiger partial charge >= 0.3 is 0 Å². The lowest BCUT2D eigenvalue weighted by molar-refractivity contribution is 0.128. The minimum atomic E-state index is -2.33. The Hall–Kier alpha value is -0.810. The maximum Gasteiger partial charge on any atom is 0.136 e. The zero-order valence-corrected chi connectivity index (χ0v) is 11.1. The van der Waals surface area contributed by atoms with Crippen molar-refractivity contribution in [1.82, 2.24) is 0 Å². The van der Waals surface area contributed by atoms with Gasteiger partial charge in [0.2, 0.25) is 0 Å². The van der Waals surface area contributed by atoms with E-state index in [-0.39, 0.29) is 0 Å². The highest BCUT2D eigenvalue weighted by Crippen LogP contribution is 2.27. The van der Waals surface area contributed by atoms with E-state index < -0.39 is 15.8 Å². The van der Waals surface area contributed by atoms with Gasteiger partial charge < -0.3 is 9.84 Å². The van der Waals surface area contributed by atoms with E-state index in [1.54, 1.807) is 13.2 Å². The van der Waals surface area contributed by atoms with Gasteiger partial charge in [0.05, 0.1) is 27.8 Å². The second-order valence-corrected chi connectivity index (χ2v) is 6.99. The molecule has 4 nitrogen and oxygen atoms in total. The Kier molecular flexibility index (Phi) is 3.58. The van der Waals surface area contributed by atoms with Crippen LogP contribution in [-0.2, 0) is 14.4 Å². The van der Waals surface area contributed by atoms with E-state index >= 15 is 0 Å². The van der Waals surface area contributed by atoms with Crippen molar-refractivity contribution in [2.24, 2.45) is 10.3 Å². The second kappa shape index (κ2) is 4.82. The van der Waals surface area contributed by atoms with Gasteiger partial charge in [-0.15, -0.1) is 0 Å². The molecule has 0 amide bonds. The van der Waals surface area contributed by atoms with Crippen LogP contribution in [0, 0.1) is 5.92 Å². The number of hydrogen-bond acceptors (Lipinski definition) is 3. The lowest BCUT2D eigenvalue weighted by Gasteiger charge is -2.26. The van der Waals surface area contributed by atoms with Gasteiger partial charge in [-0.05, 0) is 25.7 Å². The topological polar surface area (TPSA) is 58.9 Å². The molecular weight excluding hydrogens is 238 g/mol. The molecule has 1 fully saturated rings. The number of rotatable bonds is 4. The van der Waals surface area contributed by atoms with E-state index in [4.69, 9.17) is 4.74 Å². The Bertz CT molecular complexity index is 466. The summed E-state index contributed by atoms with van der Waals surface area (Å²) in [6.45, 7) is 2.30. The lowest BCUT2D eigenvalue weighted by Crippen LogP contribution is -2.22. The number of allylic oxidation sites excluding steroid dienone is 1. The van der Waals surface area contributed by atoms with Crippen LogP contribution in [0.1, 0.15) is 26.2 Å². The minimum absolute atomic E-state index is 0.536. The summed E-state index contributed by atoms with van der Waals surface area (Å²) in [5.41, 5.74) is 0.616. The molecule has 1 aliphatic carbocycles. The molecule has 2 aliphatic rings. The molecule has 1 heterocycles. The van der Waals surface area contributed by atoms with E-state index in [0.717, 1.165) is 0 Å². The lowest BCUT2D eigenvalue weighted by atomic mass is 9.86. The Morgan fingerprint density at radius 3 is 2.88 bits per heavy atom. The monoisotopic (exact) mass is 257 g/mol. The van der Waals surface area contributed by atoms with Crippen LogP contribution in [-0.4, -0.2) is 39.9 Å². The highest BCUT2D eigenvalue weighted by atomic mass is 32.2. The molecule has 0 radical (unpaired) electrons. The smallest absolute Gasteiger partial charge is 0.136 e. The van der Waals surface area contributed by atoms with Crippen LogP contribution in [0.4, 0.5) is 0 Å². The fourth-order valence-electron chi connectivity index (χ4n) is 1.82. The van der Waals surface area contributed by atoms with Gasteiger partial charge in [-0.1, -0.05) is 6.42 Å². The van der Waals surface area contributed by atoms with Crippen LogP contribution in [0.5, 0.6) is 0 Å². The quantitative estimate of drug-likeness (QED) is 0.769. The minimum Gasteiger partial charge on any atom is -0.492 e. The molecule has 1 saturated carbocycles. The maximum atomic E-state index is 11.9. The summed E-state index contributed by atoms with van der Waals surface area (Å²) in [7, 11) is -2.33. The zero-order valence-electron chi connectivity index (χ0n) is 10.3. The number of nitrogens with zero attached hydrogens (tertiary/aromatic N) is 1. The SMILES string of the molecule is C[C@H](O)C1=C(OCC2CCC2)C=S(C)(=O)N=C1. The molecule has 17 heavy (non-hydrogen) atoms. The van der Waals surface area contributed by atoms with E-state index in [9.17, 15) is 9.32 Å². The van der Waals surface area contributed by atoms with Crippen molar-refractivity contribution in [3.8, 4) is 0 Å². The van der Waals surface area contributed by atoms with Gasteiger partial charge in [0.25, 0.3) is 0 Å². The van der Waals surface area contributed by atoms with E-state index in [0.29, 0.717) is 23.9 Å². The number of aliphatic hydroxyl groups is 1. The molecule has 96 valence electrons. The first-order chi connectivity index (χ1) is 7.98. The largest absolute Gasteiger partial charge is 0.492 e. The summed E-state index contributed by atoms with van der Waals surface area (Å²) in [6.07, 6.45) is 6.06.